The van der Waals surface area contributed by atoms with Gasteiger partial charge in [0, 0.05) is 6.04 Å². The first-order valence-electron chi connectivity index (χ1n) is 4.85. The normalized spacial score (nSPS) is 22.2. The molecule has 0 aromatic heterocycles. The average Bonchev–Trinajstić information content (AvgIpc) is 2.67. The number of hydrogen-bond donors (Lipinski definition) is 2. The Balaban J connectivity index is 2.45. The number of amides is 1. The van der Waals surface area contributed by atoms with E-state index in [9.17, 15) is 4.79 Å². The highest BCUT2D eigenvalue weighted by atomic mass is 16.2. The van der Waals surface area contributed by atoms with Crippen LogP contribution in [0.1, 0.15) is 40.5 Å². The largest absolute Gasteiger partial charge is 0.352 e. The van der Waals surface area contributed by atoms with Gasteiger partial charge < -0.3 is 11.1 Å². The SMILES string of the molecule is CC(NC(=O)C1(N)CC1)C(C)(C)C. The summed E-state index contributed by atoms with van der Waals surface area (Å²) in [6.45, 7) is 8.33. The molecule has 76 valence electrons. The summed E-state index contributed by atoms with van der Waals surface area (Å²) < 4.78 is 0. The minimum absolute atomic E-state index is 0.00919. The van der Waals surface area contributed by atoms with Gasteiger partial charge in [-0.3, -0.25) is 4.79 Å². The number of rotatable bonds is 2. The molecule has 0 aliphatic heterocycles. The fraction of sp³-hybridized carbons (Fsp3) is 0.900. The quantitative estimate of drug-likeness (QED) is 0.673. The summed E-state index contributed by atoms with van der Waals surface area (Å²) in [5, 5.41) is 2.96. The van der Waals surface area contributed by atoms with Gasteiger partial charge in [-0.2, -0.15) is 0 Å². The number of hydrogen-bond acceptors (Lipinski definition) is 2. The molecule has 1 saturated carbocycles. The lowest BCUT2D eigenvalue weighted by atomic mass is 9.88. The highest BCUT2D eigenvalue weighted by Crippen LogP contribution is 2.32. The number of carbonyl (C=O) groups excluding carboxylic acids is 1. The van der Waals surface area contributed by atoms with Gasteiger partial charge in [0.15, 0.2) is 0 Å². The molecule has 0 bridgehead atoms. The molecule has 0 radical (unpaired) electrons. The zero-order valence-corrected chi connectivity index (χ0v) is 8.98. The molecular weight excluding hydrogens is 164 g/mol. The molecule has 1 atom stereocenters. The molecule has 1 amide bonds. The smallest absolute Gasteiger partial charge is 0.240 e. The summed E-state index contributed by atoms with van der Waals surface area (Å²) in [7, 11) is 0. The molecule has 1 aliphatic carbocycles. The van der Waals surface area contributed by atoms with Gasteiger partial charge in [-0.1, -0.05) is 20.8 Å². The van der Waals surface area contributed by atoms with Crippen molar-refractivity contribution in [2.45, 2.75) is 52.1 Å². The Morgan fingerprint density at radius 2 is 1.92 bits per heavy atom. The summed E-state index contributed by atoms with van der Waals surface area (Å²) in [6, 6.07) is 0.168. The molecule has 3 heteroatoms. The van der Waals surface area contributed by atoms with E-state index >= 15 is 0 Å². The van der Waals surface area contributed by atoms with Gasteiger partial charge in [-0.25, -0.2) is 0 Å². The third kappa shape index (κ3) is 2.44. The predicted molar refractivity (Wildman–Crippen MR) is 53.2 cm³/mol. The first-order valence-corrected chi connectivity index (χ1v) is 4.85. The van der Waals surface area contributed by atoms with Crippen LogP contribution in [0.2, 0.25) is 0 Å². The topological polar surface area (TPSA) is 55.1 Å². The zero-order chi connectivity index (χ0) is 10.3. The zero-order valence-electron chi connectivity index (χ0n) is 8.98. The van der Waals surface area contributed by atoms with Crippen LogP contribution in [-0.4, -0.2) is 17.5 Å². The summed E-state index contributed by atoms with van der Waals surface area (Å²) >= 11 is 0. The van der Waals surface area contributed by atoms with Gasteiger partial charge in [-0.05, 0) is 25.2 Å². The van der Waals surface area contributed by atoms with E-state index < -0.39 is 5.54 Å². The number of nitrogens with two attached hydrogens (primary N) is 1. The second-order valence-corrected chi connectivity index (χ2v) is 5.22. The van der Waals surface area contributed by atoms with Crippen LogP contribution in [0.3, 0.4) is 0 Å². The Kier molecular flexibility index (Phi) is 2.41. The molecule has 1 fully saturated rings. The Bertz CT molecular complexity index is 213. The number of carbonyl (C=O) groups is 1. The minimum atomic E-state index is -0.542. The molecule has 0 aromatic rings. The first kappa shape index (κ1) is 10.5. The molecule has 0 aromatic carbocycles. The Morgan fingerprint density at radius 1 is 1.46 bits per heavy atom. The first-order chi connectivity index (χ1) is 5.76. The van der Waals surface area contributed by atoms with Crippen LogP contribution in [-0.2, 0) is 4.79 Å². The number of nitrogens with one attached hydrogen (secondary N) is 1. The van der Waals surface area contributed by atoms with Crippen molar-refractivity contribution in [2.24, 2.45) is 11.1 Å². The highest BCUT2D eigenvalue weighted by Gasteiger charge is 2.46. The Labute approximate surface area is 80.1 Å². The van der Waals surface area contributed by atoms with Crippen molar-refractivity contribution in [1.29, 1.82) is 0 Å². The summed E-state index contributed by atoms with van der Waals surface area (Å²) in [5.74, 6) is 0.00919. The van der Waals surface area contributed by atoms with Crippen LogP contribution in [0.5, 0.6) is 0 Å². The molecule has 13 heavy (non-hydrogen) atoms. The third-order valence-electron chi connectivity index (χ3n) is 2.89. The van der Waals surface area contributed by atoms with E-state index in [1.807, 2.05) is 6.92 Å². The molecule has 0 heterocycles. The van der Waals surface area contributed by atoms with Gasteiger partial charge in [0.05, 0.1) is 5.54 Å². The van der Waals surface area contributed by atoms with Crippen LogP contribution in [0, 0.1) is 5.41 Å². The van der Waals surface area contributed by atoms with E-state index in [0.717, 1.165) is 12.8 Å². The fourth-order valence-electron chi connectivity index (χ4n) is 0.919. The monoisotopic (exact) mass is 184 g/mol. The lowest BCUT2D eigenvalue weighted by molar-refractivity contribution is -0.124. The molecule has 0 spiro atoms. The van der Waals surface area contributed by atoms with E-state index in [0.29, 0.717) is 0 Å². The summed E-state index contributed by atoms with van der Waals surface area (Å²) in [4.78, 5) is 11.5. The van der Waals surface area contributed by atoms with Crippen molar-refractivity contribution in [3.63, 3.8) is 0 Å². The van der Waals surface area contributed by atoms with Gasteiger partial charge in [0.2, 0.25) is 5.91 Å². The second-order valence-electron chi connectivity index (χ2n) is 5.22. The van der Waals surface area contributed by atoms with E-state index in [2.05, 4.69) is 26.1 Å². The second kappa shape index (κ2) is 2.98. The average molecular weight is 184 g/mol. The summed E-state index contributed by atoms with van der Waals surface area (Å²) in [5.41, 5.74) is 5.33. The molecule has 3 N–H and O–H groups in total. The maximum Gasteiger partial charge on any atom is 0.240 e. The van der Waals surface area contributed by atoms with E-state index in [1.54, 1.807) is 0 Å². The van der Waals surface area contributed by atoms with Crippen molar-refractivity contribution in [3.8, 4) is 0 Å². The van der Waals surface area contributed by atoms with Crippen LogP contribution in [0.15, 0.2) is 0 Å². The highest BCUT2D eigenvalue weighted by molar-refractivity contribution is 5.89. The van der Waals surface area contributed by atoms with Crippen molar-refractivity contribution < 1.29 is 4.79 Å². The molecule has 1 rings (SSSR count). The Morgan fingerprint density at radius 3 is 2.23 bits per heavy atom. The molecular formula is C10H20N2O. The van der Waals surface area contributed by atoms with Crippen LogP contribution in [0.25, 0.3) is 0 Å². The molecule has 1 unspecified atom stereocenters. The summed E-state index contributed by atoms with van der Waals surface area (Å²) in [6.07, 6.45) is 1.66. The maximum absolute atomic E-state index is 11.5. The van der Waals surface area contributed by atoms with Crippen LogP contribution < -0.4 is 11.1 Å². The van der Waals surface area contributed by atoms with Gasteiger partial charge in [0.1, 0.15) is 0 Å². The van der Waals surface area contributed by atoms with Crippen molar-refractivity contribution >= 4 is 5.91 Å². The Hall–Kier alpha value is -0.570. The fourth-order valence-corrected chi connectivity index (χ4v) is 0.919. The van der Waals surface area contributed by atoms with E-state index in [1.165, 1.54) is 0 Å². The molecule has 1 aliphatic rings. The molecule has 0 saturated heterocycles. The van der Waals surface area contributed by atoms with Gasteiger partial charge in [-0.15, -0.1) is 0 Å². The lowest BCUT2D eigenvalue weighted by Gasteiger charge is -2.29. The third-order valence-corrected chi connectivity index (χ3v) is 2.89. The standard InChI is InChI=1S/C10H20N2O/c1-7(9(2,3)4)12-8(13)10(11)5-6-10/h7H,5-6,11H2,1-4H3,(H,12,13). The minimum Gasteiger partial charge on any atom is -0.352 e. The van der Waals surface area contributed by atoms with Crippen molar-refractivity contribution in [3.05, 3.63) is 0 Å². The van der Waals surface area contributed by atoms with Crippen LogP contribution in [0.4, 0.5) is 0 Å². The van der Waals surface area contributed by atoms with Gasteiger partial charge in [0.25, 0.3) is 0 Å². The lowest BCUT2D eigenvalue weighted by Crippen LogP contribution is -2.50. The van der Waals surface area contributed by atoms with E-state index in [4.69, 9.17) is 5.73 Å². The van der Waals surface area contributed by atoms with Gasteiger partial charge >= 0.3 is 0 Å². The van der Waals surface area contributed by atoms with Crippen molar-refractivity contribution in [2.75, 3.05) is 0 Å². The maximum atomic E-state index is 11.5. The van der Waals surface area contributed by atoms with E-state index in [-0.39, 0.29) is 17.4 Å². The predicted octanol–water partition coefficient (Wildman–Crippen LogP) is 1.03. The molecule has 3 nitrogen and oxygen atoms in total. The van der Waals surface area contributed by atoms with Crippen LogP contribution >= 0.6 is 0 Å². The van der Waals surface area contributed by atoms with Crippen molar-refractivity contribution in [1.82, 2.24) is 5.32 Å².